The molecule has 3 nitrogen and oxygen atoms in total. The Labute approximate surface area is 86.5 Å². The van der Waals surface area contributed by atoms with Gasteiger partial charge in [-0.2, -0.15) is 12.6 Å². The maximum atomic E-state index is 11.2. The lowest BCUT2D eigenvalue weighted by Crippen LogP contribution is -1.97. The fraction of sp³-hybridized carbons (Fsp3) is 0.200. The fourth-order valence-corrected chi connectivity index (χ4v) is 1.52. The summed E-state index contributed by atoms with van der Waals surface area (Å²) in [5, 5.41) is 0.0313. The lowest BCUT2D eigenvalue weighted by Gasteiger charge is -2.04. The SMILES string of the molecule is CC(S)c1ccc2c(c1)C(=O)OC2=O. The van der Waals surface area contributed by atoms with Gasteiger partial charge in [-0.1, -0.05) is 6.07 Å². The average molecular weight is 208 g/mol. The van der Waals surface area contributed by atoms with Crippen LogP contribution in [0.25, 0.3) is 0 Å². The van der Waals surface area contributed by atoms with Gasteiger partial charge in [0.05, 0.1) is 11.1 Å². The van der Waals surface area contributed by atoms with Crippen molar-refractivity contribution in [3.05, 3.63) is 34.9 Å². The number of esters is 2. The van der Waals surface area contributed by atoms with Crippen LogP contribution in [-0.2, 0) is 4.74 Å². The Balaban J connectivity index is 2.55. The molecule has 0 spiro atoms. The van der Waals surface area contributed by atoms with Gasteiger partial charge < -0.3 is 4.74 Å². The number of hydrogen-bond acceptors (Lipinski definition) is 4. The normalized spacial score (nSPS) is 16.4. The van der Waals surface area contributed by atoms with Crippen LogP contribution in [0, 0.1) is 0 Å². The molecular formula is C10H8O3S. The molecular weight excluding hydrogens is 200 g/mol. The van der Waals surface area contributed by atoms with Crippen LogP contribution in [0.4, 0.5) is 0 Å². The number of carbonyl (C=O) groups excluding carboxylic acids is 2. The van der Waals surface area contributed by atoms with Crippen molar-refractivity contribution in [1.82, 2.24) is 0 Å². The van der Waals surface area contributed by atoms with Crippen molar-refractivity contribution >= 4 is 24.6 Å². The number of cyclic esters (lactones) is 2. The summed E-state index contributed by atoms with van der Waals surface area (Å²) in [5.74, 6) is -1.13. The molecule has 0 radical (unpaired) electrons. The Morgan fingerprint density at radius 3 is 2.50 bits per heavy atom. The van der Waals surface area contributed by atoms with E-state index in [2.05, 4.69) is 17.4 Å². The van der Waals surface area contributed by atoms with Crippen LogP contribution in [0.3, 0.4) is 0 Å². The lowest BCUT2D eigenvalue weighted by atomic mass is 10.0. The largest absolute Gasteiger partial charge is 0.386 e. The number of thiol groups is 1. The molecule has 72 valence electrons. The third kappa shape index (κ3) is 1.32. The van der Waals surface area contributed by atoms with Crippen molar-refractivity contribution < 1.29 is 14.3 Å². The topological polar surface area (TPSA) is 43.4 Å². The summed E-state index contributed by atoms with van der Waals surface area (Å²) in [7, 11) is 0. The smallest absolute Gasteiger partial charge is 0.346 e. The van der Waals surface area contributed by atoms with Crippen LogP contribution in [-0.4, -0.2) is 11.9 Å². The minimum Gasteiger partial charge on any atom is -0.386 e. The van der Waals surface area contributed by atoms with E-state index < -0.39 is 11.9 Å². The van der Waals surface area contributed by atoms with E-state index in [4.69, 9.17) is 0 Å². The summed E-state index contributed by atoms with van der Waals surface area (Å²) in [6.07, 6.45) is 0. The van der Waals surface area contributed by atoms with Crippen LogP contribution in [0.5, 0.6) is 0 Å². The summed E-state index contributed by atoms with van der Waals surface area (Å²) in [6, 6.07) is 5.03. The monoisotopic (exact) mass is 208 g/mol. The molecule has 0 N–H and O–H groups in total. The molecule has 0 aliphatic carbocycles. The van der Waals surface area contributed by atoms with Crippen LogP contribution in [0.15, 0.2) is 18.2 Å². The maximum Gasteiger partial charge on any atom is 0.346 e. The molecule has 0 amide bonds. The third-order valence-corrected chi connectivity index (χ3v) is 2.45. The number of fused-ring (bicyclic) bond motifs is 1. The number of hydrogen-bond donors (Lipinski definition) is 1. The summed E-state index contributed by atoms with van der Waals surface area (Å²) in [6.45, 7) is 1.90. The maximum absolute atomic E-state index is 11.2. The van der Waals surface area contributed by atoms with Crippen LogP contribution >= 0.6 is 12.6 Å². The first-order chi connectivity index (χ1) is 6.59. The first-order valence-electron chi connectivity index (χ1n) is 4.18. The molecule has 2 rings (SSSR count). The quantitative estimate of drug-likeness (QED) is 0.436. The van der Waals surface area contributed by atoms with E-state index in [1.54, 1.807) is 18.2 Å². The Bertz CT molecular complexity index is 423. The second kappa shape index (κ2) is 3.13. The predicted octanol–water partition coefficient (Wildman–Crippen LogP) is 1.99. The molecule has 1 aromatic carbocycles. The van der Waals surface area contributed by atoms with Gasteiger partial charge in [0, 0.05) is 5.25 Å². The molecule has 0 fully saturated rings. The van der Waals surface area contributed by atoms with Crippen molar-refractivity contribution in [1.29, 1.82) is 0 Å². The molecule has 1 atom stereocenters. The van der Waals surface area contributed by atoms with Crippen molar-refractivity contribution in [2.45, 2.75) is 12.2 Å². The van der Waals surface area contributed by atoms with E-state index in [0.717, 1.165) is 5.56 Å². The molecule has 14 heavy (non-hydrogen) atoms. The van der Waals surface area contributed by atoms with E-state index >= 15 is 0 Å². The first-order valence-corrected chi connectivity index (χ1v) is 4.70. The average Bonchev–Trinajstić information content (AvgIpc) is 2.42. The van der Waals surface area contributed by atoms with Gasteiger partial charge in [-0.25, -0.2) is 9.59 Å². The van der Waals surface area contributed by atoms with Gasteiger partial charge in [-0.05, 0) is 24.6 Å². The number of carbonyl (C=O) groups is 2. The Kier molecular flexibility index (Phi) is 2.07. The molecule has 1 unspecified atom stereocenters. The summed E-state index contributed by atoms with van der Waals surface area (Å²) in [4.78, 5) is 22.3. The van der Waals surface area contributed by atoms with E-state index in [0.29, 0.717) is 11.1 Å². The Morgan fingerprint density at radius 2 is 1.86 bits per heavy atom. The summed E-state index contributed by atoms with van der Waals surface area (Å²) < 4.78 is 4.46. The molecule has 4 heteroatoms. The van der Waals surface area contributed by atoms with E-state index in [1.165, 1.54) is 0 Å². The highest BCUT2D eigenvalue weighted by Gasteiger charge is 2.29. The highest BCUT2D eigenvalue weighted by Crippen LogP contribution is 2.26. The van der Waals surface area contributed by atoms with Gasteiger partial charge in [0.15, 0.2) is 0 Å². The van der Waals surface area contributed by atoms with Crippen LogP contribution < -0.4 is 0 Å². The minimum atomic E-state index is -0.569. The molecule has 1 aliphatic heterocycles. The Morgan fingerprint density at radius 1 is 1.21 bits per heavy atom. The lowest BCUT2D eigenvalue weighted by molar-refractivity contribution is 0.0444. The highest BCUT2D eigenvalue weighted by atomic mass is 32.1. The van der Waals surface area contributed by atoms with E-state index in [1.807, 2.05) is 6.92 Å². The third-order valence-electron chi connectivity index (χ3n) is 2.15. The van der Waals surface area contributed by atoms with Gasteiger partial charge in [-0.3, -0.25) is 0 Å². The number of benzene rings is 1. The van der Waals surface area contributed by atoms with E-state index in [-0.39, 0.29) is 5.25 Å². The van der Waals surface area contributed by atoms with Gasteiger partial charge in [0.2, 0.25) is 0 Å². The molecule has 1 aromatic rings. The van der Waals surface area contributed by atoms with Crippen molar-refractivity contribution in [3.63, 3.8) is 0 Å². The summed E-state index contributed by atoms with van der Waals surface area (Å²) >= 11 is 4.24. The van der Waals surface area contributed by atoms with Crippen molar-refractivity contribution in [2.75, 3.05) is 0 Å². The van der Waals surface area contributed by atoms with Crippen molar-refractivity contribution in [2.24, 2.45) is 0 Å². The van der Waals surface area contributed by atoms with Crippen molar-refractivity contribution in [3.8, 4) is 0 Å². The number of ether oxygens (including phenoxy) is 1. The van der Waals surface area contributed by atoms with Gasteiger partial charge in [-0.15, -0.1) is 0 Å². The first kappa shape index (κ1) is 9.27. The zero-order chi connectivity index (χ0) is 10.3. The highest BCUT2D eigenvalue weighted by molar-refractivity contribution is 7.80. The molecule has 0 bridgehead atoms. The predicted molar refractivity (Wildman–Crippen MR) is 53.6 cm³/mol. The Hall–Kier alpha value is -1.29. The second-order valence-electron chi connectivity index (χ2n) is 3.16. The minimum absolute atomic E-state index is 0.0313. The van der Waals surface area contributed by atoms with Crippen LogP contribution in [0.1, 0.15) is 38.5 Å². The molecule has 1 heterocycles. The molecule has 1 aliphatic rings. The molecule has 0 saturated carbocycles. The molecule has 0 saturated heterocycles. The van der Waals surface area contributed by atoms with Gasteiger partial charge >= 0.3 is 11.9 Å². The fourth-order valence-electron chi connectivity index (χ4n) is 1.36. The van der Waals surface area contributed by atoms with Gasteiger partial charge in [0.1, 0.15) is 0 Å². The van der Waals surface area contributed by atoms with Crippen LogP contribution in [0.2, 0.25) is 0 Å². The van der Waals surface area contributed by atoms with Gasteiger partial charge in [0.25, 0.3) is 0 Å². The number of rotatable bonds is 1. The van der Waals surface area contributed by atoms with E-state index in [9.17, 15) is 9.59 Å². The standard InChI is InChI=1S/C10H8O3S/c1-5(14)6-2-3-7-8(4-6)10(12)13-9(7)11/h2-5,14H,1H3. The molecule has 0 aromatic heterocycles. The second-order valence-corrected chi connectivity index (χ2v) is 3.93. The summed E-state index contributed by atoms with van der Waals surface area (Å²) in [5.41, 5.74) is 1.58. The zero-order valence-corrected chi connectivity index (χ0v) is 8.38. The zero-order valence-electron chi connectivity index (χ0n) is 7.48.